The molecule has 2 fully saturated rings. The van der Waals surface area contributed by atoms with Crippen molar-refractivity contribution in [3.63, 3.8) is 0 Å². The zero-order chi connectivity index (χ0) is 13.6. The Morgan fingerprint density at radius 2 is 2.21 bits per heavy atom. The van der Waals surface area contributed by atoms with E-state index >= 15 is 0 Å². The SMILES string of the molecule is CCc1nn(C)c(N2CCN3C(=O)CCC3C2)c1N. The lowest BCUT2D eigenvalue weighted by atomic mass is 10.1. The lowest BCUT2D eigenvalue weighted by Crippen LogP contribution is -2.52. The van der Waals surface area contributed by atoms with Gasteiger partial charge < -0.3 is 15.5 Å². The third kappa shape index (κ3) is 1.86. The van der Waals surface area contributed by atoms with Gasteiger partial charge in [-0.2, -0.15) is 5.10 Å². The highest BCUT2D eigenvalue weighted by Crippen LogP contribution is 2.31. The third-order valence-corrected chi connectivity index (χ3v) is 4.26. The Kier molecular flexibility index (Phi) is 2.88. The van der Waals surface area contributed by atoms with Crippen molar-refractivity contribution in [1.82, 2.24) is 14.7 Å². The molecule has 2 aliphatic heterocycles. The maximum Gasteiger partial charge on any atom is 0.223 e. The van der Waals surface area contributed by atoms with E-state index in [0.29, 0.717) is 18.4 Å². The van der Waals surface area contributed by atoms with Crippen molar-refractivity contribution in [3.05, 3.63) is 5.69 Å². The number of amides is 1. The minimum atomic E-state index is 0.303. The molecule has 0 saturated carbocycles. The molecule has 0 aliphatic carbocycles. The molecule has 0 aromatic carbocycles. The van der Waals surface area contributed by atoms with Crippen LogP contribution in [0.1, 0.15) is 25.5 Å². The molecule has 6 nitrogen and oxygen atoms in total. The first-order valence-electron chi connectivity index (χ1n) is 6.97. The van der Waals surface area contributed by atoms with Crippen LogP contribution < -0.4 is 10.6 Å². The molecule has 0 radical (unpaired) electrons. The van der Waals surface area contributed by atoms with Crippen molar-refractivity contribution in [1.29, 1.82) is 0 Å². The van der Waals surface area contributed by atoms with Crippen molar-refractivity contribution >= 4 is 17.4 Å². The van der Waals surface area contributed by atoms with Crippen molar-refractivity contribution in [2.75, 3.05) is 30.3 Å². The summed E-state index contributed by atoms with van der Waals surface area (Å²) in [6.07, 6.45) is 2.51. The number of aromatic nitrogens is 2. The molecule has 0 spiro atoms. The molecule has 1 amide bonds. The summed E-state index contributed by atoms with van der Waals surface area (Å²) >= 11 is 0. The quantitative estimate of drug-likeness (QED) is 0.837. The Hall–Kier alpha value is -1.72. The zero-order valence-corrected chi connectivity index (χ0v) is 11.6. The first-order chi connectivity index (χ1) is 9.11. The third-order valence-electron chi connectivity index (χ3n) is 4.26. The van der Waals surface area contributed by atoms with E-state index in [9.17, 15) is 4.79 Å². The normalized spacial score (nSPS) is 23.1. The van der Waals surface area contributed by atoms with Crippen LogP contribution in [0, 0.1) is 0 Å². The van der Waals surface area contributed by atoms with Gasteiger partial charge in [0.05, 0.1) is 11.4 Å². The van der Waals surface area contributed by atoms with Gasteiger partial charge in [0.15, 0.2) is 5.82 Å². The summed E-state index contributed by atoms with van der Waals surface area (Å²) < 4.78 is 1.88. The average Bonchev–Trinajstić information content (AvgIpc) is 2.90. The summed E-state index contributed by atoms with van der Waals surface area (Å²) in [4.78, 5) is 16.0. The van der Waals surface area contributed by atoms with E-state index in [1.54, 1.807) is 0 Å². The highest BCUT2D eigenvalue weighted by molar-refractivity contribution is 5.79. The Bertz CT molecular complexity index is 509. The molecule has 2 saturated heterocycles. The fourth-order valence-corrected chi connectivity index (χ4v) is 3.28. The Labute approximate surface area is 113 Å². The van der Waals surface area contributed by atoms with Crippen LogP contribution in [0.2, 0.25) is 0 Å². The number of carbonyl (C=O) groups excluding carboxylic acids is 1. The predicted octanol–water partition coefficient (Wildman–Crippen LogP) is 0.376. The van der Waals surface area contributed by atoms with Gasteiger partial charge in [0, 0.05) is 39.1 Å². The maximum absolute atomic E-state index is 11.7. The van der Waals surface area contributed by atoms with E-state index in [-0.39, 0.29) is 0 Å². The lowest BCUT2D eigenvalue weighted by molar-refractivity contribution is -0.129. The Balaban J connectivity index is 1.84. The molecule has 104 valence electrons. The Morgan fingerprint density at radius 3 is 2.89 bits per heavy atom. The zero-order valence-electron chi connectivity index (χ0n) is 11.6. The van der Waals surface area contributed by atoms with Crippen LogP contribution in [0.3, 0.4) is 0 Å². The van der Waals surface area contributed by atoms with Gasteiger partial charge in [-0.05, 0) is 12.8 Å². The van der Waals surface area contributed by atoms with Gasteiger partial charge in [-0.25, -0.2) is 0 Å². The number of fused-ring (bicyclic) bond motifs is 1. The standard InChI is InChI=1S/C13H21N5O/c1-3-10-12(14)13(16(2)15-10)17-6-7-18-9(8-17)4-5-11(18)19/h9H,3-8,14H2,1-2H3. The number of aryl methyl sites for hydroxylation is 2. The molecule has 2 aliphatic rings. The van der Waals surface area contributed by atoms with Gasteiger partial charge in [0.25, 0.3) is 0 Å². The van der Waals surface area contributed by atoms with Gasteiger partial charge in [-0.3, -0.25) is 9.48 Å². The van der Waals surface area contributed by atoms with E-state index in [1.165, 1.54) is 0 Å². The molecule has 0 bridgehead atoms. The second kappa shape index (κ2) is 4.43. The van der Waals surface area contributed by atoms with E-state index in [2.05, 4.69) is 16.9 Å². The van der Waals surface area contributed by atoms with Gasteiger partial charge in [-0.1, -0.05) is 6.92 Å². The smallest absolute Gasteiger partial charge is 0.223 e. The van der Waals surface area contributed by atoms with Gasteiger partial charge in [0.2, 0.25) is 5.91 Å². The minimum Gasteiger partial charge on any atom is -0.394 e. The van der Waals surface area contributed by atoms with Crippen LogP contribution in [0.25, 0.3) is 0 Å². The molecule has 6 heteroatoms. The number of hydrogen-bond acceptors (Lipinski definition) is 4. The van der Waals surface area contributed by atoms with Gasteiger partial charge in [0.1, 0.15) is 0 Å². The molecule has 3 heterocycles. The molecule has 2 N–H and O–H groups in total. The lowest BCUT2D eigenvalue weighted by Gasteiger charge is -2.38. The van der Waals surface area contributed by atoms with Crippen molar-refractivity contribution in [2.45, 2.75) is 32.2 Å². The maximum atomic E-state index is 11.7. The Morgan fingerprint density at radius 1 is 1.42 bits per heavy atom. The highest BCUT2D eigenvalue weighted by atomic mass is 16.2. The number of anilines is 2. The second-order valence-corrected chi connectivity index (χ2v) is 5.39. The van der Waals surface area contributed by atoms with Crippen LogP contribution in [0.4, 0.5) is 11.5 Å². The number of rotatable bonds is 2. The van der Waals surface area contributed by atoms with E-state index in [0.717, 1.165) is 49.7 Å². The van der Waals surface area contributed by atoms with Crippen LogP contribution in [0.15, 0.2) is 0 Å². The summed E-state index contributed by atoms with van der Waals surface area (Å²) in [5.74, 6) is 1.31. The van der Waals surface area contributed by atoms with Crippen molar-refractivity contribution in [3.8, 4) is 0 Å². The monoisotopic (exact) mass is 263 g/mol. The number of nitrogens with zero attached hydrogens (tertiary/aromatic N) is 4. The number of hydrogen-bond donors (Lipinski definition) is 1. The van der Waals surface area contributed by atoms with Crippen LogP contribution in [-0.4, -0.2) is 46.3 Å². The number of nitrogens with two attached hydrogens (primary N) is 1. The summed E-state index contributed by atoms with van der Waals surface area (Å²) in [7, 11) is 1.94. The van der Waals surface area contributed by atoms with Crippen LogP contribution >= 0.6 is 0 Å². The number of carbonyl (C=O) groups is 1. The van der Waals surface area contributed by atoms with Crippen LogP contribution in [-0.2, 0) is 18.3 Å². The highest BCUT2D eigenvalue weighted by Gasteiger charge is 2.36. The largest absolute Gasteiger partial charge is 0.394 e. The number of piperazine rings is 1. The molecule has 1 aromatic rings. The minimum absolute atomic E-state index is 0.303. The van der Waals surface area contributed by atoms with E-state index < -0.39 is 0 Å². The average molecular weight is 263 g/mol. The molecule has 3 rings (SSSR count). The molecule has 19 heavy (non-hydrogen) atoms. The fraction of sp³-hybridized carbons (Fsp3) is 0.692. The van der Waals surface area contributed by atoms with E-state index in [4.69, 9.17) is 5.73 Å². The molecule has 1 atom stereocenters. The predicted molar refractivity (Wildman–Crippen MR) is 73.9 cm³/mol. The van der Waals surface area contributed by atoms with Crippen molar-refractivity contribution in [2.24, 2.45) is 7.05 Å². The summed E-state index contributed by atoms with van der Waals surface area (Å²) in [6.45, 7) is 4.58. The molecular weight excluding hydrogens is 242 g/mol. The van der Waals surface area contributed by atoms with Crippen molar-refractivity contribution < 1.29 is 4.79 Å². The summed E-state index contributed by atoms with van der Waals surface area (Å²) in [5, 5.41) is 4.47. The molecular formula is C13H21N5O. The van der Waals surface area contributed by atoms with Gasteiger partial charge in [-0.15, -0.1) is 0 Å². The molecule has 1 aromatic heterocycles. The van der Waals surface area contributed by atoms with Gasteiger partial charge >= 0.3 is 0 Å². The topological polar surface area (TPSA) is 67.4 Å². The van der Waals surface area contributed by atoms with E-state index in [1.807, 2.05) is 16.6 Å². The number of nitrogen functional groups attached to an aromatic ring is 1. The second-order valence-electron chi connectivity index (χ2n) is 5.39. The summed E-state index contributed by atoms with van der Waals surface area (Å²) in [5.41, 5.74) is 7.96. The summed E-state index contributed by atoms with van der Waals surface area (Å²) in [6, 6.07) is 0.348. The van der Waals surface area contributed by atoms with Crippen LogP contribution in [0.5, 0.6) is 0 Å². The first kappa shape index (κ1) is 12.3. The molecule has 1 unspecified atom stereocenters. The fourth-order valence-electron chi connectivity index (χ4n) is 3.28. The first-order valence-corrected chi connectivity index (χ1v) is 6.97.